The average molecular weight is 482 g/mol. The van der Waals surface area contributed by atoms with Gasteiger partial charge in [-0.2, -0.15) is 4.31 Å². The van der Waals surface area contributed by atoms with Crippen LogP contribution in [0.4, 0.5) is 0 Å². The van der Waals surface area contributed by atoms with E-state index in [1.165, 1.54) is 0 Å². The summed E-state index contributed by atoms with van der Waals surface area (Å²) in [5, 5.41) is 1.96. The molecule has 3 heterocycles. The van der Waals surface area contributed by atoms with E-state index in [1.54, 1.807) is 28.2 Å². The van der Waals surface area contributed by atoms with Crippen LogP contribution in [0, 0.1) is 6.92 Å². The van der Waals surface area contributed by atoms with Crippen molar-refractivity contribution in [3.8, 4) is 0 Å². The minimum atomic E-state index is -3.49. The van der Waals surface area contributed by atoms with Crippen LogP contribution in [0.25, 0.3) is 21.9 Å². The number of rotatable bonds is 6. The molecule has 33 heavy (non-hydrogen) atoms. The Balaban J connectivity index is 1.47. The second-order valence-electron chi connectivity index (χ2n) is 8.27. The topological polar surface area (TPSA) is 81.0 Å². The van der Waals surface area contributed by atoms with Gasteiger partial charge in [0.05, 0.1) is 27.2 Å². The van der Waals surface area contributed by atoms with Gasteiger partial charge < -0.3 is 4.57 Å². The number of benzene rings is 2. The molecule has 9 heteroatoms. The van der Waals surface area contributed by atoms with E-state index >= 15 is 0 Å². The van der Waals surface area contributed by atoms with Crippen molar-refractivity contribution in [2.24, 2.45) is 0 Å². The number of para-hydroxylation sites is 1. The van der Waals surface area contributed by atoms with Crippen LogP contribution in [0.2, 0.25) is 0 Å². The lowest BCUT2D eigenvalue weighted by atomic mass is 10.2. The first-order valence-corrected chi connectivity index (χ1v) is 13.8. The van der Waals surface area contributed by atoms with Crippen molar-refractivity contribution < 1.29 is 8.42 Å². The van der Waals surface area contributed by atoms with Crippen molar-refractivity contribution in [3.63, 3.8) is 0 Å². The number of aromatic nitrogens is 4. The Morgan fingerprint density at radius 3 is 2.55 bits per heavy atom. The second-order valence-corrected chi connectivity index (χ2v) is 11.2. The molecule has 1 saturated heterocycles. The molecular formula is C24H27N5O2S2. The lowest BCUT2D eigenvalue weighted by molar-refractivity contribution is 0.346. The summed E-state index contributed by atoms with van der Waals surface area (Å²) in [4.78, 5) is 14.3. The van der Waals surface area contributed by atoms with Crippen molar-refractivity contribution in [1.29, 1.82) is 0 Å². The third-order valence-corrected chi connectivity index (χ3v) is 8.97. The summed E-state index contributed by atoms with van der Waals surface area (Å²) in [5.41, 5.74) is 2.60. The molecule has 0 aliphatic carbocycles. The van der Waals surface area contributed by atoms with Gasteiger partial charge in [-0.15, -0.1) is 0 Å². The van der Waals surface area contributed by atoms with Gasteiger partial charge in [0.1, 0.15) is 16.7 Å². The van der Waals surface area contributed by atoms with Gasteiger partial charge in [-0.1, -0.05) is 36.4 Å². The number of aryl methyl sites for hydroxylation is 2. The Bertz CT molecular complexity index is 1430. The van der Waals surface area contributed by atoms with Gasteiger partial charge in [0.2, 0.25) is 10.0 Å². The highest BCUT2D eigenvalue weighted by Gasteiger charge is 2.26. The number of piperidine rings is 1. The lowest BCUT2D eigenvalue weighted by Gasteiger charge is -2.25. The summed E-state index contributed by atoms with van der Waals surface area (Å²) in [6.07, 6.45) is 2.93. The molecule has 0 saturated carbocycles. The van der Waals surface area contributed by atoms with E-state index < -0.39 is 10.0 Å². The smallest absolute Gasteiger partial charge is 0.243 e. The molecule has 0 unspecified atom stereocenters. The van der Waals surface area contributed by atoms with Crippen LogP contribution in [0.5, 0.6) is 0 Å². The molecule has 2 aromatic carbocycles. The van der Waals surface area contributed by atoms with Crippen LogP contribution in [0.15, 0.2) is 52.4 Å². The molecule has 0 atom stereocenters. The maximum atomic E-state index is 13.1. The van der Waals surface area contributed by atoms with E-state index in [-0.39, 0.29) is 0 Å². The molecule has 1 aliphatic heterocycles. The van der Waals surface area contributed by atoms with E-state index in [4.69, 9.17) is 4.98 Å². The van der Waals surface area contributed by atoms with Crippen molar-refractivity contribution >= 4 is 43.7 Å². The maximum absolute atomic E-state index is 13.1. The standard InChI is InChI=1S/C24H27N5O2S2/c1-3-29-22-12-11-18(33(30,31)28-13-7-4-8-14-28)15-21(22)27-23(29)16-32-24-19-9-5-6-10-20(19)25-17(2)26-24/h5-6,9-12,15H,3-4,7-8,13-14,16H2,1-2H3. The Kier molecular flexibility index (Phi) is 6.11. The lowest BCUT2D eigenvalue weighted by Crippen LogP contribution is -2.35. The van der Waals surface area contributed by atoms with Crippen molar-refractivity contribution in [2.75, 3.05) is 13.1 Å². The second kappa shape index (κ2) is 9.04. The molecule has 1 fully saturated rings. The molecule has 0 amide bonds. The van der Waals surface area contributed by atoms with Crippen LogP contribution in [-0.4, -0.2) is 45.3 Å². The molecule has 172 valence electrons. The van der Waals surface area contributed by atoms with Crippen molar-refractivity contribution in [1.82, 2.24) is 23.8 Å². The van der Waals surface area contributed by atoms with Crippen LogP contribution in [-0.2, 0) is 22.3 Å². The van der Waals surface area contributed by atoms with Crippen molar-refractivity contribution in [2.45, 2.75) is 55.3 Å². The number of hydrogen-bond donors (Lipinski definition) is 0. The first-order valence-electron chi connectivity index (χ1n) is 11.3. The number of nitrogens with zero attached hydrogens (tertiary/aromatic N) is 5. The quantitative estimate of drug-likeness (QED) is 0.291. The summed E-state index contributed by atoms with van der Waals surface area (Å²) in [6, 6.07) is 13.4. The molecule has 1 aliphatic rings. The van der Waals surface area contributed by atoms with E-state index in [1.807, 2.05) is 37.3 Å². The van der Waals surface area contributed by atoms with Crippen molar-refractivity contribution in [3.05, 3.63) is 54.1 Å². The zero-order valence-electron chi connectivity index (χ0n) is 18.9. The normalized spacial score (nSPS) is 15.5. The third-order valence-electron chi connectivity index (χ3n) is 6.09. The molecule has 2 aromatic heterocycles. The zero-order chi connectivity index (χ0) is 23.0. The highest BCUT2D eigenvalue weighted by atomic mass is 32.2. The molecule has 4 aromatic rings. The molecular weight excluding hydrogens is 454 g/mol. The Morgan fingerprint density at radius 2 is 1.76 bits per heavy atom. The SMILES string of the molecule is CCn1c(CSc2nc(C)nc3ccccc23)nc2cc(S(=O)(=O)N3CCCCC3)ccc21. The number of imidazole rings is 1. The first kappa shape index (κ1) is 22.3. The Morgan fingerprint density at radius 1 is 0.970 bits per heavy atom. The number of thioether (sulfide) groups is 1. The Labute approximate surface area is 198 Å². The van der Waals surface area contributed by atoms with E-state index in [2.05, 4.69) is 21.5 Å². The summed E-state index contributed by atoms with van der Waals surface area (Å²) >= 11 is 1.63. The minimum Gasteiger partial charge on any atom is -0.328 e. The number of hydrogen-bond acceptors (Lipinski definition) is 6. The number of sulfonamides is 1. The fourth-order valence-electron chi connectivity index (χ4n) is 4.44. The van der Waals surface area contributed by atoms with E-state index in [0.29, 0.717) is 29.3 Å². The minimum absolute atomic E-state index is 0.328. The van der Waals surface area contributed by atoms with Gasteiger partial charge in [-0.25, -0.2) is 23.4 Å². The maximum Gasteiger partial charge on any atom is 0.243 e. The van der Waals surface area contributed by atoms with Gasteiger partial charge in [-0.05, 0) is 51.0 Å². The predicted molar refractivity (Wildman–Crippen MR) is 132 cm³/mol. The van der Waals surface area contributed by atoms with Crippen LogP contribution < -0.4 is 0 Å². The molecule has 5 rings (SSSR count). The van der Waals surface area contributed by atoms with E-state index in [9.17, 15) is 8.42 Å². The van der Waals surface area contributed by atoms with Gasteiger partial charge >= 0.3 is 0 Å². The average Bonchev–Trinajstić information content (AvgIpc) is 3.19. The first-order chi connectivity index (χ1) is 16.0. The Hall–Kier alpha value is -2.49. The summed E-state index contributed by atoms with van der Waals surface area (Å²) in [7, 11) is -3.49. The monoisotopic (exact) mass is 481 g/mol. The summed E-state index contributed by atoms with van der Waals surface area (Å²) in [5.74, 6) is 2.29. The highest BCUT2D eigenvalue weighted by Crippen LogP contribution is 2.30. The van der Waals surface area contributed by atoms with Crippen LogP contribution in [0.3, 0.4) is 0 Å². The van der Waals surface area contributed by atoms with Gasteiger partial charge in [0.15, 0.2) is 0 Å². The largest absolute Gasteiger partial charge is 0.328 e. The van der Waals surface area contributed by atoms with Gasteiger partial charge in [-0.3, -0.25) is 0 Å². The summed E-state index contributed by atoms with van der Waals surface area (Å²) in [6.45, 7) is 5.93. The third kappa shape index (κ3) is 4.25. The predicted octanol–water partition coefficient (Wildman–Crippen LogP) is 4.77. The molecule has 0 bridgehead atoms. The highest BCUT2D eigenvalue weighted by molar-refractivity contribution is 7.98. The fraction of sp³-hybridized carbons (Fsp3) is 0.375. The van der Waals surface area contributed by atoms with Gasteiger partial charge in [0.25, 0.3) is 0 Å². The summed E-state index contributed by atoms with van der Waals surface area (Å²) < 4.78 is 30.0. The van der Waals surface area contributed by atoms with Gasteiger partial charge in [0, 0.05) is 25.0 Å². The molecule has 0 radical (unpaired) electrons. The molecule has 7 nitrogen and oxygen atoms in total. The molecule has 0 spiro atoms. The van der Waals surface area contributed by atoms with Crippen LogP contribution >= 0.6 is 11.8 Å². The molecule has 0 N–H and O–H groups in total. The van der Waals surface area contributed by atoms with Crippen LogP contribution in [0.1, 0.15) is 37.8 Å². The number of fused-ring (bicyclic) bond motifs is 2. The zero-order valence-corrected chi connectivity index (χ0v) is 20.5. The fourth-order valence-corrected chi connectivity index (χ4v) is 6.99. The van der Waals surface area contributed by atoms with E-state index in [0.717, 1.165) is 58.9 Å².